The first-order valence-electron chi connectivity index (χ1n) is 6.58. The second-order valence-electron chi connectivity index (χ2n) is 4.72. The largest absolute Gasteiger partial charge is 0.358 e. The molecule has 20 heavy (non-hydrogen) atoms. The standard InChI is InChI=1S/C14H18ClN3O2/c1-16-13(19)10-17-6-8-18(9-7-17)14(20)11-4-2-3-5-12(11)15/h2-5H,6-10H2,1H3,(H,16,19). The van der Waals surface area contributed by atoms with Crippen LogP contribution in [0.5, 0.6) is 0 Å². The summed E-state index contributed by atoms with van der Waals surface area (Å²) >= 11 is 6.04. The Labute approximate surface area is 123 Å². The highest BCUT2D eigenvalue weighted by Gasteiger charge is 2.24. The zero-order valence-corrected chi connectivity index (χ0v) is 12.2. The van der Waals surface area contributed by atoms with Crippen molar-refractivity contribution in [1.29, 1.82) is 0 Å². The number of rotatable bonds is 3. The van der Waals surface area contributed by atoms with Gasteiger partial charge in [-0.05, 0) is 12.1 Å². The van der Waals surface area contributed by atoms with Crippen molar-refractivity contribution in [3.63, 3.8) is 0 Å². The Balaban J connectivity index is 1.92. The van der Waals surface area contributed by atoms with Gasteiger partial charge in [0, 0.05) is 33.2 Å². The zero-order chi connectivity index (χ0) is 14.5. The molecule has 108 valence electrons. The third-order valence-electron chi connectivity index (χ3n) is 3.41. The molecule has 1 saturated heterocycles. The highest BCUT2D eigenvalue weighted by atomic mass is 35.5. The Morgan fingerprint density at radius 1 is 1.20 bits per heavy atom. The molecule has 0 aliphatic carbocycles. The summed E-state index contributed by atoms with van der Waals surface area (Å²) in [5.74, 6) is -0.0499. The van der Waals surface area contributed by atoms with E-state index in [9.17, 15) is 9.59 Å². The molecule has 2 amide bonds. The quantitative estimate of drug-likeness (QED) is 0.899. The van der Waals surface area contributed by atoms with Gasteiger partial charge in [0.15, 0.2) is 0 Å². The van der Waals surface area contributed by atoms with Crippen LogP contribution in [0.15, 0.2) is 24.3 Å². The Morgan fingerprint density at radius 2 is 1.85 bits per heavy atom. The lowest BCUT2D eigenvalue weighted by molar-refractivity contribution is -0.122. The number of nitrogens with zero attached hydrogens (tertiary/aromatic N) is 2. The number of amides is 2. The molecule has 1 aliphatic heterocycles. The van der Waals surface area contributed by atoms with E-state index in [0.717, 1.165) is 0 Å². The monoisotopic (exact) mass is 295 g/mol. The van der Waals surface area contributed by atoms with Crippen LogP contribution in [0.3, 0.4) is 0 Å². The minimum Gasteiger partial charge on any atom is -0.358 e. The molecule has 1 fully saturated rings. The van der Waals surface area contributed by atoms with E-state index in [1.54, 1.807) is 36.2 Å². The van der Waals surface area contributed by atoms with Crippen LogP contribution in [0.2, 0.25) is 5.02 Å². The minimum absolute atomic E-state index is 0.00381. The third-order valence-corrected chi connectivity index (χ3v) is 3.74. The van der Waals surface area contributed by atoms with E-state index < -0.39 is 0 Å². The van der Waals surface area contributed by atoms with Gasteiger partial charge in [0.2, 0.25) is 5.91 Å². The van der Waals surface area contributed by atoms with Crippen LogP contribution in [0, 0.1) is 0 Å². The number of carbonyl (C=O) groups excluding carboxylic acids is 2. The molecule has 5 nitrogen and oxygen atoms in total. The number of likely N-dealkylation sites (N-methyl/N-ethyl adjacent to an activating group) is 1. The van der Waals surface area contributed by atoms with Crippen molar-refractivity contribution in [2.24, 2.45) is 0 Å². The van der Waals surface area contributed by atoms with Crippen LogP contribution < -0.4 is 5.32 Å². The zero-order valence-electron chi connectivity index (χ0n) is 11.4. The van der Waals surface area contributed by atoms with Crippen LogP contribution in [0.25, 0.3) is 0 Å². The SMILES string of the molecule is CNC(=O)CN1CCN(C(=O)c2ccccc2Cl)CC1. The van der Waals surface area contributed by atoms with Crippen molar-refractivity contribution in [1.82, 2.24) is 15.1 Å². The average Bonchev–Trinajstić information content (AvgIpc) is 2.47. The summed E-state index contributed by atoms with van der Waals surface area (Å²) in [6.07, 6.45) is 0. The molecule has 0 aromatic heterocycles. The molecular formula is C14H18ClN3O2. The summed E-state index contributed by atoms with van der Waals surface area (Å²) in [7, 11) is 1.62. The first-order chi connectivity index (χ1) is 9.61. The molecule has 0 atom stereocenters. The summed E-state index contributed by atoms with van der Waals surface area (Å²) in [4.78, 5) is 27.5. The van der Waals surface area contributed by atoms with Gasteiger partial charge >= 0.3 is 0 Å². The second kappa shape index (κ2) is 6.72. The van der Waals surface area contributed by atoms with Crippen molar-refractivity contribution in [3.05, 3.63) is 34.9 Å². The van der Waals surface area contributed by atoms with Gasteiger partial charge in [-0.3, -0.25) is 14.5 Å². The number of benzene rings is 1. The predicted octanol–water partition coefficient (Wildman–Crippen LogP) is 0.844. The van der Waals surface area contributed by atoms with Crippen molar-refractivity contribution in [3.8, 4) is 0 Å². The predicted molar refractivity (Wildman–Crippen MR) is 77.9 cm³/mol. The Hall–Kier alpha value is -1.59. The average molecular weight is 296 g/mol. The maximum atomic E-state index is 12.3. The van der Waals surface area contributed by atoms with E-state index in [-0.39, 0.29) is 11.8 Å². The van der Waals surface area contributed by atoms with Gasteiger partial charge < -0.3 is 10.2 Å². The molecule has 1 N–H and O–H groups in total. The molecule has 1 aromatic carbocycles. The van der Waals surface area contributed by atoms with E-state index in [4.69, 9.17) is 11.6 Å². The van der Waals surface area contributed by atoms with Crippen molar-refractivity contribution < 1.29 is 9.59 Å². The number of hydrogen-bond acceptors (Lipinski definition) is 3. The molecule has 0 bridgehead atoms. The highest BCUT2D eigenvalue weighted by molar-refractivity contribution is 6.33. The van der Waals surface area contributed by atoms with Crippen molar-refractivity contribution in [2.45, 2.75) is 0 Å². The summed E-state index contributed by atoms with van der Waals surface area (Å²) in [5.41, 5.74) is 0.536. The smallest absolute Gasteiger partial charge is 0.255 e. The van der Waals surface area contributed by atoms with Gasteiger partial charge in [0.1, 0.15) is 0 Å². The van der Waals surface area contributed by atoms with Crippen molar-refractivity contribution in [2.75, 3.05) is 39.8 Å². The Bertz CT molecular complexity index is 499. The second-order valence-corrected chi connectivity index (χ2v) is 5.13. The van der Waals surface area contributed by atoms with E-state index in [1.165, 1.54) is 0 Å². The third kappa shape index (κ3) is 3.49. The van der Waals surface area contributed by atoms with Gasteiger partial charge in [-0.15, -0.1) is 0 Å². The molecule has 0 unspecified atom stereocenters. The van der Waals surface area contributed by atoms with Crippen LogP contribution in [-0.2, 0) is 4.79 Å². The Morgan fingerprint density at radius 3 is 2.45 bits per heavy atom. The van der Waals surface area contributed by atoms with Crippen molar-refractivity contribution >= 4 is 23.4 Å². The highest BCUT2D eigenvalue weighted by Crippen LogP contribution is 2.17. The van der Waals surface area contributed by atoms with Gasteiger partial charge in [-0.25, -0.2) is 0 Å². The maximum absolute atomic E-state index is 12.3. The molecule has 1 heterocycles. The van der Waals surface area contributed by atoms with E-state index in [1.807, 2.05) is 4.90 Å². The molecule has 0 radical (unpaired) electrons. The number of nitrogens with one attached hydrogen (secondary N) is 1. The molecule has 1 aliphatic rings. The molecule has 2 rings (SSSR count). The first-order valence-corrected chi connectivity index (χ1v) is 6.96. The number of piperazine rings is 1. The van der Waals surface area contributed by atoms with Crippen LogP contribution in [0.4, 0.5) is 0 Å². The summed E-state index contributed by atoms with van der Waals surface area (Å²) in [6, 6.07) is 7.07. The van der Waals surface area contributed by atoms with Crippen LogP contribution in [-0.4, -0.2) is 61.4 Å². The lowest BCUT2D eigenvalue weighted by Gasteiger charge is -2.34. The normalized spacial score (nSPS) is 16.0. The van der Waals surface area contributed by atoms with Gasteiger partial charge in [0.25, 0.3) is 5.91 Å². The number of carbonyl (C=O) groups is 2. The fourth-order valence-electron chi connectivity index (χ4n) is 2.20. The van der Waals surface area contributed by atoms with E-state index in [2.05, 4.69) is 5.32 Å². The summed E-state index contributed by atoms with van der Waals surface area (Å²) in [5, 5.41) is 3.08. The topological polar surface area (TPSA) is 52.7 Å². The van der Waals surface area contributed by atoms with E-state index in [0.29, 0.717) is 43.3 Å². The lowest BCUT2D eigenvalue weighted by Crippen LogP contribution is -2.50. The lowest BCUT2D eigenvalue weighted by atomic mass is 10.2. The Kier molecular flexibility index (Phi) is 4.98. The van der Waals surface area contributed by atoms with Gasteiger partial charge in [0.05, 0.1) is 17.1 Å². The summed E-state index contributed by atoms with van der Waals surface area (Å²) in [6.45, 7) is 3.00. The molecule has 0 saturated carbocycles. The number of halogens is 1. The fourth-order valence-corrected chi connectivity index (χ4v) is 2.41. The molecule has 0 spiro atoms. The van der Waals surface area contributed by atoms with Crippen LogP contribution >= 0.6 is 11.6 Å². The van der Waals surface area contributed by atoms with Gasteiger partial charge in [-0.2, -0.15) is 0 Å². The van der Waals surface area contributed by atoms with Crippen LogP contribution in [0.1, 0.15) is 10.4 Å². The minimum atomic E-state index is -0.0461. The molecular weight excluding hydrogens is 278 g/mol. The first kappa shape index (κ1) is 14.8. The summed E-state index contributed by atoms with van der Waals surface area (Å²) < 4.78 is 0. The maximum Gasteiger partial charge on any atom is 0.255 e. The fraction of sp³-hybridized carbons (Fsp3) is 0.429. The van der Waals surface area contributed by atoms with E-state index >= 15 is 0 Å². The number of hydrogen-bond donors (Lipinski definition) is 1. The molecule has 6 heteroatoms. The molecule has 1 aromatic rings. The van der Waals surface area contributed by atoms with Gasteiger partial charge in [-0.1, -0.05) is 23.7 Å².